The Labute approximate surface area is 109 Å². The van der Waals surface area contributed by atoms with Crippen molar-refractivity contribution in [3.63, 3.8) is 0 Å². The molecule has 1 saturated carbocycles. The van der Waals surface area contributed by atoms with E-state index in [1.54, 1.807) is 0 Å². The quantitative estimate of drug-likeness (QED) is 0.512. The van der Waals surface area contributed by atoms with Crippen LogP contribution in [0.4, 0.5) is 0 Å². The van der Waals surface area contributed by atoms with Crippen LogP contribution >= 0.6 is 0 Å². The van der Waals surface area contributed by atoms with Gasteiger partial charge in [-0.2, -0.15) is 0 Å². The van der Waals surface area contributed by atoms with Crippen LogP contribution in [0.3, 0.4) is 0 Å². The maximum Gasteiger partial charge on any atom is -0.00152 e. The van der Waals surface area contributed by atoms with E-state index in [1.807, 2.05) is 0 Å². The summed E-state index contributed by atoms with van der Waals surface area (Å²) in [5, 5.41) is 3.61. The third-order valence-electron chi connectivity index (χ3n) is 4.32. The molecule has 1 rings (SSSR count). The van der Waals surface area contributed by atoms with Gasteiger partial charge in [0.25, 0.3) is 0 Å². The SMILES string of the molecule is CCCCCCCCCCNCC1CC1(C)C. The van der Waals surface area contributed by atoms with E-state index < -0.39 is 0 Å². The van der Waals surface area contributed by atoms with Gasteiger partial charge in [-0.05, 0) is 37.3 Å². The van der Waals surface area contributed by atoms with Crippen molar-refractivity contribution in [2.45, 2.75) is 78.6 Å². The molecule has 1 aliphatic carbocycles. The average Bonchev–Trinajstić information content (AvgIpc) is 2.89. The Morgan fingerprint density at radius 2 is 1.47 bits per heavy atom. The second kappa shape index (κ2) is 8.13. The fourth-order valence-corrected chi connectivity index (χ4v) is 2.58. The zero-order chi connectivity index (χ0) is 12.6. The smallest absolute Gasteiger partial charge is 0.00152 e. The normalized spacial score (nSPS) is 21.7. The van der Waals surface area contributed by atoms with Crippen LogP contribution in [0.25, 0.3) is 0 Å². The molecule has 1 unspecified atom stereocenters. The van der Waals surface area contributed by atoms with Crippen molar-refractivity contribution in [3.05, 3.63) is 0 Å². The van der Waals surface area contributed by atoms with Gasteiger partial charge in [-0.3, -0.25) is 0 Å². The second-order valence-electron chi connectivity index (χ2n) is 6.57. The molecule has 102 valence electrons. The highest BCUT2D eigenvalue weighted by atomic mass is 14.9. The number of nitrogens with one attached hydrogen (secondary N) is 1. The Kier molecular flexibility index (Phi) is 7.18. The molecule has 0 saturated heterocycles. The first-order valence-corrected chi connectivity index (χ1v) is 7.87. The highest BCUT2D eigenvalue weighted by Gasteiger charge is 2.44. The summed E-state index contributed by atoms with van der Waals surface area (Å²) in [7, 11) is 0. The Morgan fingerprint density at radius 1 is 0.941 bits per heavy atom. The fraction of sp³-hybridized carbons (Fsp3) is 1.00. The lowest BCUT2D eigenvalue weighted by Gasteiger charge is -2.06. The van der Waals surface area contributed by atoms with E-state index in [2.05, 4.69) is 26.1 Å². The minimum absolute atomic E-state index is 0.645. The highest BCUT2D eigenvalue weighted by Crippen LogP contribution is 2.50. The van der Waals surface area contributed by atoms with E-state index in [4.69, 9.17) is 0 Å². The fourth-order valence-electron chi connectivity index (χ4n) is 2.58. The van der Waals surface area contributed by atoms with E-state index in [1.165, 1.54) is 70.9 Å². The van der Waals surface area contributed by atoms with E-state index in [-0.39, 0.29) is 0 Å². The summed E-state index contributed by atoms with van der Waals surface area (Å²) < 4.78 is 0. The molecule has 1 fully saturated rings. The molecule has 0 heterocycles. The molecule has 1 N–H and O–H groups in total. The Balaban J connectivity index is 1.70. The van der Waals surface area contributed by atoms with Crippen LogP contribution in [0.1, 0.15) is 78.6 Å². The van der Waals surface area contributed by atoms with Crippen LogP contribution in [0.15, 0.2) is 0 Å². The summed E-state index contributed by atoms with van der Waals surface area (Å²) in [6.45, 7) is 9.54. The zero-order valence-corrected chi connectivity index (χ0v) is 12.4. The maximum absolute atomic E-state index is 3.61. The first-order valence-electron chi connectivity index (χ1n) is 7.87. The topological polar surface area (TPSA) is 12.0 Å². The number of hydrogen-bond donors (Lipinski definition) is 1. The first kappa shape index (κ1) is 15.0. The lowest BCUT2D eigenvalue weighted by molar-refractivity contribution is 0.504. The standard InChI is InChI=1S/C16H33N/c1-4-5-6-7-8-9-10-11-12-17-14-15-13-16(15,2)3/h15,17H,4-14H2,1-3H3. The van der Waals surface area contributed by atoms with E-state index in [0.29, 0.717) is 5.41 Å². The molecular formula is C16H33N. The third kappa shape index (κ3) is 7.08. The summed E-state index contributed by atoms with van der Waals surface area (Å²) in [4.78, 5) is 0. The molecule has 0 radical (unpaired) electrons. The molecule has 0 aromatic heterocycles. The largest absolute Gasteiger partial charge is 0.316 e. The molecule has 0 aliphatic heterocycles. The predicted molar refractivity (Wildman–Crippen MR) is 77.4 cm³/mol. The second-order valence-corrected chi connectivity index (χ2v) is 6.57. The van der Waals surface area contributed by atoms with Crippen LogP contribution in [0.5, 0.6) is 0 Å². The summed E-state index contributed by atoms with van der Waals surface area (Å²) in [5.74, 6) is 0.955. The molecule has 0 aromatic rings. The summed E-state index contributed by atoms with van der Waals surface area (Å²) in [6, 6.07) is 0. The molecular weight excluding hydrogens is 206 g/mol. The van der Waals surface area contributed by atoms with Crippen LogP contribution in [-0.2, 0) is 0 Å². The lowest BCUT2D eigenvalue weighted by atomic mass is 10.1. The summed E-state index contributed by atoms with van der Waals surface area (Å²) >= 11 is 0. The number of rotatable bonds is 11. The van der Waals surface area contributed by atoms with Gasteiger partial charge in [0.1, 0.15) is 0 Å². The Bertz CT molecular complexity index is 186. The zero-order valence-electron chi connectivity index (χ0n) is 12.4. The monoisotopic (exact) mass is 239 g/mol. The van der Waals surface area contributed by atoms with Gasteiger partial charge in [0.2, 0.25) is 0 Å². The molecule has 1 atom stereocenters. The van der Waals surface area contributed by atoms with Crippen LogP contribution in [-0.4, -0.2) is 13.1 Å². The molecule has 1 nitrogen and oxygen atoms in total. The van der Waals surface area contributed by atoms with Gasteiger partial charge in [-0.25, -0.2) is 0 Å². The molecule has 0 aromatic carbocycles. The first-order chi connectivity index (χ1) is 8.17. The van der Waals surface area contributed by atoms with Gasteiger partial charge >= 0.3 is 0 Å². The highest BCUT2D eigenvalue weighted by molar-refractivity contribution is 4.95. The van der Waals surface area contributed by atoms with Gasteiger partial charge in [-0.15, -0.1) is 0 Å². The Hall–Kier alpha value is -0.0400. The van der Waals surface area contributed by atoms with Crippen molar-refractivity contribution in [1.29, 1.82) is 0 Å². The van der Waals surface area contributed by atoms with Gasteiger partial charge in [0.15, 0.2) is 0 Å². The van der Waals surface area contributed by atoms with E-state index >= 15 is 0 Å². The minimum atomic E-state index is 0.645. The molecule has 1 aliphatic rings. The van der Waals surface area contributed by atoms with Crippen molar-refractivity contribution in [2.24, 2.45) is 11.3 Å². The molecule has 0 bridgehead atoms. The maximum atomic E-state index is 3.61. The number of unbranched alkanes of at least 4 members (excludes halogenated alkanes) is 7. The average molecular weight is 239 g/mol. The molecule has 0 amide bonds. The van der Waals surface area contributed by atoms with Gasteiger partial charge in [0.05, 0.1) is 0 Å². The van der Waals surface area contributed by atoms with Crippen molar-refractivity contribution >= 4 is 0 Å². The molecule has 1 heteroatoms. The van der Waals surface area contributed by atoms with Gasteiger partial charge in [0, 0.05) is 0 Å². The number of hydrogen-bond acceptors (Lipinski definition) is 1. The molecule has 17 heavy (non-hydrogen) atoms. The summed E-state index contributed by atoms with van der Waals surface area (Å²) in [6.07, 6.45) is 12.8. The lowest BCUT2D eigenvalue weighted by Crippen LogP contribution is -2.19. The van der Waals surface area contributed by atoms with E-state index in [9.17, 15) is 0 Å². The molecule has 0 spiro atoms. The van der Waals surface area contributed by atoms with Crippen molar-refractivity contribution in [3.8, 4) is 0 Å². The van der Waals surface area contributed by atoms with Crippen LogP contribution in [0, 0.1) is 11.3 Å². The Morgan fingerprint density at radius 3 is 2.00 bits per heavy atom. The third-order valence-corrected chi connectivity index (χ3v) is 4.32. The van der Waals surface area contributed by atoms with Crippen molar-refractivity contribution in [2.75, 3.05) is 13.1 Å². The minimum Gasteiger partial charge on any atom is -0.316 e. The van der Waals surface area contributed by atoms with Gasteiger partial charge < -0.3 is 5.32 Å². The van der Waals surface area contributed by atoms with Crippen molar-refractivity contribution in [1.82, 2.24) is 5.32 Å². The predicted octanol–water partition coefficient (Wildman–Crippen LogP) is 4.76. The van der Waals surface area contributed by atoms with Crippen LogP contribution in [0.2, 0.25) is 0 Å². The van der Waals surface area contributed by atoms with E-state index in [0.717, 1.165) is 5.92 Å². The summed E-state index contributed by atoms with van der Waals surface area (Å²) in [5.41, 5.74) is 0.645. The van der Waals surface area contributed by atoms with Crippen molar-refractivity contribution < 1.29 is 0 Å². The van der Waals surface area contributed by atoms with Gasteiger partial charge in [-0.1, -0.05) is 65.7 Å². The van der Waals surface area contributed by atoms with Crippen LogP contribution < -0.4 is 5.32 Å².